The summed E-state index contributed by atoms with van der Waals surface area (Å²) in [7, 11) is 1.24. The maximum atomic E-state index is 12.2. The molecule has 0 aliphatic heterocycles. The van der Waals surface area contributed by atoms with Gasteiger partial charge in [0.2, 0.25) is 5.91 Å². The van der Waals surface area contributed by atoms with E-state index in [9.17, 15) is 19.4 Å². The number of phosphoric acid groups is 1. The molecule has 54 heavy (non-hydrogen) atoms. The second kappa shape index (κ2) is 37.6. The minimum absolute atomic E-state index is 0.00715. The second-order valence-electron chi connectivity index (χ2n) is 16.8. The van der Waals surface area contributed by atoms with Gasteiger partial charge in [-0.2, -0.15) is 0 Å². The molecule has 3 unspecified atom stereocenters. The van der Waals surface area contributed by atoms with Crippen LogP contribution in [0.2, 0.25) is 0 Å². The molecular formula is C45H89N2O6P. The summed E-state index contributed by atoms with van der Waals surface area (Å²) >= 11 is 0. The molecule has 0 rings (SSSR count). The zero-order chi connectivity index (χ0) is 40.0. The Morgan fingerprint density at radius 2 is 1.04 bits per heavy atom. The van der Waals surface area contributed by atoms with Gasteiger partial charge in [-0.15, -0.1) is 0 Å². The van der Waals surface area contributed by atoms with Crippen LogP contribution < -0.4 is 10.2 Å². The first kappa shape index (κ1) is 53.0. The summed E-state index contributed by atoms with van der Waals surface area (Å²) in [6.45, 7) is 4.26. The highest BCUT2D eigenvalue weighted by Gasteiger charge is 2.23. The van der Waals surface area contributed by atoms with Crippen LogP contribution in [0.3, 0.4) is 0 Å². The molecule has 320 valence electrons. The molecule has 0 saturated carbocycles. The van der Waals surface area contributed by atoms with Crippen LogP contribution in [-0.4, -0.2) is 68.5 Å². The van der Waals surface area contributed by atoms with Crippen molar-refractivity contribution in [1.82, 2.24) is 5.32 Å². The molecule has 3 atom stereocenters. The number of hydrogen-bond donors (Lipinski definition) is 2. The fourth-order valence-corrected chi connectivity index (χ4v) is 7.29. The highest BCUT2D eigenvalue weighted by Crippen LogP contribution is 2.38. The number of carbonyl (C=O) groups is 1. The van der Waals surface area contributed by atoms with Crippen LogP contribution in [-0.2, 0) is 18.4 Å². The third-order valence-corrected chi connectivity index (χ3v) is 11.1. The number of amides is 1. The van der Waals surface area contributed by atoms with Gasteiger partial charge in [-0.05, 0) is 32.1 Å². The van der Waals surface area contributed by atoms with Crippen LogP contribution in [0.5, 0.6) is 0 Å². The van der Waals surface area contributed by atoms with Crippen LogP contribution >= 0.6 is 7.82 Å². The molecule has 0 aromatic rings. The molecule has 9 heteroatoms. The monoisotopic (exact) mass is 785 g/mol. The number of likely N-dealkylation sites (N-methyl/N-ethyl adjacent to an activating group) is 1. The lowest BCUT2D eigenvalue weighted by Gasteiger charge is -2.29. The minimum Gasteiger partial charge on any atom is -0.756 e. The quantitative estimate of drug-likeness (QED) is 0.0277. The lowest BCUT2D eigenvalue weighted by atomic mass is 10.0. The van der Waals surface area contributed by atoms with Crippen LogP contribution in [0.15, 0.2) is 24.3 Å². The molecule has 0 bridgehead atoms. The molecule has 0 heterocycles. The van der Waals surface area contributed by atoms with E-state index < -0.39 is 26.6 Å². The Bertz CT molecular complexity index is 938. The molecule has 0 spiro atoms. The van der Waals surface area contributed by atoms with Crippen molar-refractivity contribution in [3.05, 3.63) is 24.3 Å². The van der Waals surface area contributed by atoms with E-state index >= 15 is 0 Å². The maximum Gasteiger partial charge on any atom is 0.268 e. The Kier molecular flexibility index (Phi) is 36.8. The van der Waals surface area contributed by atoms with Gasteiger partial charge in [0.1, 0.15) is 13.2 Å². The third kappa shape index (κ3) is 39.2. The number of aliphatic hydroxyl groups excluding tert-OH is 1. The van der Waals surface area contributed by atoms with E-state index in [0.717, 1.165) is 19.3 Å². The van der Waals surface area contributed by atoms with Crippen molar-refractivity contribution in [2.75, 3.05) is 40.9 Å². The van der Waals surface area contributed by atoms with Crippen molar-refractivity contribution in [3.63, 3.8) is 0 Å². The van der Waals surface area contributed by atoms with Gasteiger partial charge in [0.05, 0.1) is 39.9 Å². The molecule has 0 aromatic heterocycles. The summed E-state index contributed by atoms with van der Waals surface area (Å²) in [4.78, 5) is 24.4. The van der Waals surface area contributed by atoms with Gasteiger partial charge in [0, 0.05) is 6.42 Å². The van der Waals surface area contributed by atoms with Gasteiger partial charge >= 0.3 is 0 Å². The molecule has 0 saturated heterocycles. The fourth-order valence-electron chi connectivity index (χ4n) is 6.57. The van der Waals surface area contributed by atoms with E-state index in [1.54, 1.807) is 6.08 Å². The number of rotatable bonds is 41. The lowest BCUT2D eigenvalue weighted by Crippen LogP contribution is -2.45. The number of aliphatic hydroxyl groups is 1. The minimum atomic E-state index is -4.56. The molecule has 1 amide bonds. The molecule has 0 aromatic carbocycles. The van der Waals surface area contributed by atoms with Crippen molar-refractivity contribution in [3.8, 4) is 0 Å². The summed E-state index contributed by atoms with van der Waals surface area (Å²) in [5, 5.41) is 13.4. The summed E-state index contributed by atoms with van der Waals surface area (Å²) in [5.74, 6) is -0.260. The first-order valence-electron chi connectivity index (χ1n) is 22.7. The van der Waals surface area contributed by atoms with Gasteiger partial charge in [-0.3, -0.25) is 9.36 Å². The number of unbranched alkanes of at least 4 members (excludes halogenated alkanes) is 26. The first-order valence-corrected chi connectivity index (χ1v) is 24.2. The Morgan fingerprint density at radius 1 is 0.630 bits per heavy atom. The molecule has 0 radical (unpaired) electrons. The van der Waals surface area contributed by atoms with E-state index in [1.165, 1.54) is 161 Å². The maximum absolute atomic E-state index is 12.2. The second-order valence-corrected chi connectivity index (χ2v) is 18.2. The van der Waals surface area contributed by atoms with Crippen molar-refractivity contribution < 1.29 is 32.9 Å². The van der Waals surface area contributed by atoms with Crippen molar-refractivity contribution in [2.45, 2.75) is 219 Å². The molecule has 2 N–H and O–H groups in total. The fraction of sp³-hybridized carbons (Fsp3) is 0.889. The SMILES string of the molecule is CCCCCCCCCCCCCCCCCCCCCCCCCCC/C=C/CC/C=C/C(O)C(COP(=O)([O-])OCC[N+](C)(C)C)NC(=O)CCC. The standard InChI is InChI=1S/C45H89N2O6P/c1-6-8-9-10-11-12-13-14-15-16-17-18-19-20-21-22-23-24-25-26-27-28-29-30-31-32-33-34-35-36-37-39-44(48)43(46-45(49)38-7-2)42-53-54(50,51)52-41-40-47(3,4)5/h33-34,37,39,43-44,48H,6-32,35-36,38,40-42H2,1-5H3,(H-,46,49,50,51)/b34-33+,39-37+. The number of allylic oxidation sites excluding steroid dienone is 3. The number of carbonyl (C=O) groups excluding carboxylic acids is 1. The van der Waals surface area contributed by atoms with Crippen molar-refractivity contribution >= 4 is 13.7 Å². The smallest absolute Gasteiger partial charge is 0.268 e. The molecular weight excluding hydrogens is 695 g/mol. The molecule has 0 aliphatic rings. The molecule has 0 fully saturated rings. The van der Waals surface area contributed by atoms with Gasteiger partial charge in [0.25, 0.3) is 7.82 Å². The summed E-state index contributed by atoms with van der Waals surface area (Å²) in [6.07, 6.45) is 45.8. The van der Waals surface area contributed by atoms with Crippen LogP contribution in [0.4, 0.5) is 0 Å². The van der Waals surface area contributed by atoms with Gasteiger partial charge < -0.3 is 28.8 Å². The topological polar surface area (TPSA) is 108 Å². The predicted molar refractivity (Wildman–Crippen MR) is 228 cm³/mol. The number of hydrogen-bond acceptors (Lipinski definition) is 6. The van der Waals surface area contributed by atoms with Crippen molar-refractivity contribution in [2.24, 2.45) is 0 Å². The van der Waals surface area contributed by atoms with Gasteiger partial charge in [0.15, 0.2) is 0 Å². The van der Waals surface area contributed by atoms with Crippen LogP contribution in [0.25, 0.3) is 0 Å². The third-order valence-electron chi connectivity index (χ3n) is 10.1. The zero-order valence-corrected chi connectivity index (χ0v) is 37.1. The van der Waals surface area contributed by atoms with E-state index in [4.69, 9.17) is 9.05 Å². The summed E-state index contributed by atoms with van der Waals surface area (Å²) in [5.41, 5.74) is 0. The average Bonchev–Trinajstić information content (AvgIpc) is 3.11. The first-order chi connectivity index (χ1) is 26.0. The zero-order valence-electron chi connectivity index (χ0n) is 36.2. The summed E-state index contributed by atoms with van der Waals surface area (Å²) < 4.78 is 22.7. The number of phosphoric ester groups is 1. The number of quaternary nitrogens is 1. The van der Waals surface area contributed by atoms with E-state index in [0.29, 0.717) is 17.4 Å². The Labute approximate surface area is 334 Å². The van der Waals surface area contributed by atoms with Gasteiger partial charge in [-0.25, -0.2) is 0 Å². The summed E-state index contributed by atoms with van der Waals surface area (Å²) in [6, 6.07) is -0.895. The largest absolute Gasteiger partial charge is 0.756 e. The number of nitrogens with zero attached hydrogens (tertiary/aromatic N) is 1. The molecule has 0 aliphatic carbocycles. The van der Waals surface area contributed by atoms with E-state index in [1.807, 2.05) is 34.1 Å². The molecule has 8 nitrogen and oxygen atoms in total. The Balaban J connectivity index is 3.76. The van der Waals surface area contributed by atoms with Crippen LogP contribution in [0, 0.1) is 0 Å². The van der Waals surface area contributed by atoms with Crippen molar-refractivity contribution in [1.29, 1.82) is 0 Å². The van der Waals surface area contributed by atoms with Crippen LogP contribution in [0.1, 0.15) is 206 Å². The highest BCUT2D eigenvalue weighted by molar-refractivity contribution is 7.45. The highest BCUT2D eigenvalue weighted by atomic mass is 31.2. The lowest BCUT2D eigenvalue weighted by molar-refractivity contribution is -0.870. The predicted octanol–water partition coefficient (Wildman–Crippen LogP) is 11.9. The Morgan fingerprint density at radius 3 is 1.46 bits per heavy atom. The average molecular weight is 785 g/mol. The Hall–Kier alpha value is -1.02. The van der Waals surface area contributed by atoms with E-state index in [-0.39, 0.29) is 18.9 Å². The van der Waals surface area contributed by atoms with Gasteiger partial charge in [-0.1, -0.05) is 192 Å². The van der Waals surface area contributed by atoms with E-state index in [2.05, 4.69) is 24.4 Å². The normalized spacial score (nSPS) is 14.6. The number of nitrogens with one attached hydrogen (secondary N) is 1.